The first-order chi connectivity index (χ1) is 44.3. The molecule has 2 aromatic rings. The lowest BCUT2D eigenvalue weighted by Gasteiger charge is -2.33. The first kappa shape index (κ1) is 77.7. The van der Waals surface area contributed by atoms with E-state index in [-0.39, 0.29) is 69.5 Å². The maximum atomic E-state index is 14.7. The Morgan fingerprint density at radius 1 is 0.649 bits per heavy atom. The van der Waals surface area contributed by atoms with Gasteiger partial charge in [-0.25, -0.2) is 14.3 Å². The van der Waals surface area contributed by atoms with Crippen molar-refractivity contribution >= 4 is 84.8 Å². The summed E-state index contributed by atoms with van der Waals surface area (Å²) in [6.45, 7) is 1.84. The molecule has 2 fully saturated rings. The number of aromatic amines is 1. The summed E-state index contributed by atoms with van der Waals surface area (Å²) >= 11 is 0. The molecule has 1 aromatic carbocycles. The molecule has 0 unspecified atom stereocenters. The van der Waals surface area contributed by atoms with Gasteiger partial charge in [0.05, 0.1) is 38.1 Å². The van der Waals surface area contributed by atoms with Crippen molar-refractivity contribution in [2.24, 2.45) is 17.4 Å². The maximum absolute atomic E-state index is 14.7. The molecule has 522 valence electrons. The molecule has 13 atom stereocenters. The summed E-state index contributed by atoms with van der Waals surface area (Å²) in [4.78, 5) is 204. The number of hydrogen-bond acceptors (Lipinski definition) is 21. The summed E-state index contributed by atoms with van der Waals surface area (Å²) < 4.78 is 17.0. The lowest BCUT2D eigenvalue weighted by Crippen LogP contribution is -2.62. The predicted molar refractivity (Wildman–Crippen MR) is 323 cm³/mol. The Morgan fingerprint density at radius 2 is 1.17 bits per heavy atom. The molecule has 4 rings (SSSR count). The van der Waals surface area contributed by atoms with Crippen LogP contribution >= 0.6 is 7.82 Å². The number of carboxylic acid groups (broad SMARTS) is 3. The summed E-state index contributed by atoms with van der Waals surface area (Å²) in [5, 5.41) is 77.7. The number of nitrogens with zero attached hydrogens (tertiary/aromatic N) is 3. The van der Waals surface area contributed by atoms with Crippen molar-refractivity contribution in [2.45, 2.75) is 177 Å². The molecule has 10 amide bonds. The van der Waals surface area contributed by atoms with E-state index in [1.807, 2.05) is 0 Å². The summed E-state index contributed by atoms with van der Waals surface area (Å²) in [5.41, 5.74) is 12.2. The Kier molecular flexibility index (Phi) is 30.8. The Labute approximate surface area is 538 Å². The van der Waals surface area contributed by atoms with E-state index >= 15 is 0 Å². The fourth-order valence-corrected chi connectivity index (χ4v) is 10.9. The molecule has 1 aromatic heterocycles. The molecule has 37 nitrogen and oxygen atoms in total. The van der Waals surface area contributed by atoms with E-state index < -0.39 is 196 Å². The standard InChI is InChI=1S/C56H85N14O23P/c1-4-28(2)44(67-46(78)33(58)9-5-6-18-57)53(85)64-37(23-43(76)77)49(81)61-34(16-17-42(74)75)54(86)69-19-7-10-40(69)52(84)65-38(25-71)50(82)68-45(29(3)93-94(90,91)92)55(87)70-20-8-11-41(70)51(83)63-35(21-30-12-14-32(73)15-13-30)47(79)62-36(22-31-24-59-27-60-31)48(80)66-39(26-72)56(88)89/h12-15,24,27-29,33-41,44-45,71-73H,4-11,16-23,25-26,57-58H2,1-3H3,(H,59,60)(H,61,81)(H,62,79)(H,63,83)(H,64,85)(H,65,84)(H,66,80)(H,67,78)(H,68,82)(H,74,75)(H,76,77)(H,88,89)(H2,90,91,92)/t28-,29+,33-,34-,35-,36-,37-,38-,39-,40-,41-,44-,45-/m0/s1. The van der Waals surface area contributed by atoms with Crippen LogP contribution in [0.15, 0.2) is 36.8 Å². The predicted octanol–water partition coefficient (Wildman–Crippen LogP) is -5.83. The third-order valence-corrected chi connectivity index (χ3v) is 16.2. The highest BCUT2D eigenvalue weighted by atomic mass is 31.2. The molecule has 38 heteroatoms. The number of carboxylic acids is 3. The number of phosphoric ester groups is 1. The van der Waals surface area contributed by atoms with Crippen molar-refractivity contribution in [1.82, 2.24) is 62.3 Å². The average Bonchev–Trinajstić information content (AvgIpc) is 1.62. The number of likely N-dealkylation sites (tertiary alicyclic amines) is 2. The second-order valence-corrected chi connectivity index (χ2v) is 23.9. The number of phosphoric acid groups is 1. The number of phenolic OH excluding ortho intramolecular Hbond substituents is 1. The Hall–Kier alpha value is -8.71. The second-order valence-electron chi connectivity index (χ2n) is 22.7. The van der Waals surface area contributed by atoms with Crippen LogP contribution in [0.1, 0.15) is 103 Å². The van der Waals surface area contributed by atoms with Crippen LogP contribution in [0, 0.1) is 5.92 Å². The molecule has 0 spiro atoms. The van der Waals surface area contributed by atoms with Gasteiger partial charge in [-0.05, 0) is 82.0 Å². The van der Waals surface area contributed by atoms with E-state index in [9.17, 15) is 107 Å². The van der Waals surface area contributed by atoms with Crippen molar-refractivity contribution in [3.8, 4) is 5.75 Å². The van der Waals surface area contributed by atoms with Gasteiger partial charge in [-0.3, -0.25) is 62.1 Å². The number of aromatic hydroxyl groups is 1. The van der Waals surface area contributed by atoms with Crippen LogP contribution in [-0.2, 0) is 84.3 Å². The van der Waals surface area contributed by atoms with E-state index in [0.29, 0.717) is 31.4 Å². The molecular formula is C56H85N14O23P. The Morgan fingerprint density at radius 3 is 1.69 bits per heavy atom. The number of unbranched alkanes of at least 4 members (excludes halogenated alkanes) is 1. The molecule has 21 N–H and O–H groups in total. The number of aromatic nitrogens is 2. The normalized spacial score (nSPS) is 18.2. The fourth-order valence-electron chi connectivity index (χ4n) is 10.3. The number of hydrogen-bond donors (Lipinski definition) is 19. The first-order valence-corrected chi connectivity index (χ1v) is 31.7. The van der Waals surface area contributed by atoms with E-state index in [0.717, 1.165) is 16.7 Å². The van der Waals surface area contributed by atoms with Gasteiger partial charge in [0.25, 0.3) is 0 Å². The van der Waals surface area contributed by atoms with E-state index in [1.165, 1.54) is 36.8 Å². The van der Waals surface area contributed by atoms with E-state index in [1.54, 1.807) is 13.8 Å². The smallest absolute Gasteiger partial charge is 0.469 e. The number of imidazole rings is 1. The minimum Gasteiger partial charge on any atom is -0.508 e. The van der Waals surface area contributed by atoms with Gasteiger partial charge < -0.3 is 109 Å². The van der Waals surface area contributed by atoms with Gasteiger partial charge in [0.1, 0.15) is 66.2 Å². The highest BCUT2D eigenvalue weighted by molar-refractivity contribution is 7.46. The van der Waals surface area contributed by atoms with Gasteiger partial charge in [-0.2, -0.15) is 0 Å². The van der Waals surface area contributed by atoms with Crippen molar-refractivity contribution in [2.75, 3.05) is 32.8 Å². The molecule has 0 radical (unpaired) electrons. The first-order valence-electron chi connectivity index (χ1n) is 30.2. The Balaban J connectivity index is 1.57. The number of benzene rings is 1. The second kappa shape index (κ2) is 37.3. The number of aliphatic hydroxyl groups is 2. The van der Waals surface area contributed by atoms with Crippen LogP contribution in [0.4, 0.5) is 0 Å². The summed E-state index contributed by atoms with van der Waals surface area (Å²) in [6.07, 6.45) is -1.05. The third kappa shape index (κ3) is 24.0. The number of nitrogens with one attached hydrogen (secondary N) is 9. The molecule has 0 bridgehead atoms. The van der Waals surface area contributed by atoms with Crippen molar-refractivity contribution < 1.29 is 112 Å². The molecule has 0 saturated carbocycles. The summed E-state index contributed by atoms with van der Waals surface area (Å²) in [6, 6.07) is -13.0. The summed E-state index contributed by atoms with van der Waals surface area (Å²) in [7, 11) is -5.51. The maximum Gasteiger partial charge on any atom is 0.469 e. The third-order valence-electron chi connectivity index (χ3n) is 15.6. The van der Waals surface area contributed by atoms with Crippen LogP contribution in [0.5, 0.6) is 5.75 Å². The molecule has 0 aliphatic carbocycles. The van der Waals surface area contributed by atoms with Crippen molar-refractivity contribution in [3.63, 3.8) is 0 Å². The zero-order chi connectivity index (χ0) is 70.1. The molecule has 3 heterocycles. The van der Waals surface area contributed by atoms with Crippen LogP contribution in [-0.4, -0.2) is 243 Å². The van der Waals surface area contributed by atoms with Gasteiger partial charge in [0.2, 0.25) is 59.1 Å². The number of H-pyrrole nitrogens is 1. The summed E-state index contributed by atoms with van der Waals surface area (Å²) in [5.74, 6) is -16.4. The highest BCUT2D eigenvalue weighted by Gasteiger charge is 2.45. The van der Waals surface area contributed by atoms with Crippen LogP contribution < -0.4 is 54.0 Å². The largest absolute Gasteiger partial charge is 0.508 e. The van der Waals surface area contributed by atoms with Crippen LogP contribution in [0.2, 0.25) is 0 Å². The number of nitrogens with two attached hydrogens (primary N) is 2. The number of carbonyl (C=O) groups excluding carboxylic acids is 10. The lowest BCUT2D eigenvalue weighted by atomic mass is 9.97. The van der Waals surface area contributed by atoms with Crippen LogP contribution in [0.25, 0.3) is 0 Å². The SMILES string of the molecule is CC[C@H](C)[C@H](NC(=O)[C@@H](N)CCCCN)C(=O)N[C@@H](CC(=O)O)C(=O)N[C@@H](CCC(=O)O)C(=O)N1CCC[C@H]1C(=O)N[C@@H](CO)C(=O)N[C@H](C(=O)N1CCC[C@H]1C(=O)N[C@@H](Cc1ccc(O)cc1)C(=O)N[C@@H](Cc1cnc[nH]1)C(=O)N[C@@H](CO)C(=O)O)[C@@H](C)OP(=O)(O)O. The topological polar surface area (TPSA) is 593 Å². The van der Waals surface area contributed by atoms with Gasteiger partial charge in [-0.1, -0.05) is 38.8 Å². The number of aliphatic hydroxyl groups excluding tert-OH is 2. The number of amides is 10. The lowest BCUT2D eigenvalue weighted by molar-refractivity contribution is -0.145. The number of aliphatic carboxylic acids is 3. The number of carbonyl (C=O) groups is 13. The van der Waals surface area contributed by atoms with E-state index in [2.05, 4.69) is 52.5 Å². The number of rotatable bonds is 39. The van der Waals surface area contributed by atoms with Gasteiger partial charge >= 0.3 is 25.7 Å². The molecular weight excluding hydrogens is 1270 g/mol. The zero-order valence-corrected chi connectivity index (χ0v) is 52.7. The van der Waals surface area contributed by atoms with Crippen LogP contribution in [0.3, 0.4) is 0 Å². The van der Waals surface area contributed by atoms with Gasteiger partial charge in [0.15, 0.2) is 0 Å². The molecule has 2 saturated heterocycles. The number of phenols is 1. The minimum absolute atomic E-state index is 0.0771. The van der Waals surface area contributed by atoms with Gasteiger partial charge in [-0.15, -0.1) is 0 Å². The monoisotopic (exact) mass is 1350 g/mol. The minimum atomic E-state index is -5.51. The zero-order valence-electron chi connectivity index (χ0n) is 51.8. The highest BCUT2D eigenvalue weighted by Crippen LogP contribution is 2.38. The fraction of sp³-hybridized carbons (Fsp3) is 0.607. The molecule has 2 aliphatic rings. The quantitative estimate of drug-likeness (QED) is 0.0219. The van der Waals surface area contributed by atoms with Gasteiger partial charge in [0, 0.05) is 44.2 Å². The van der Waals surface area contributed by atoms with E-state index in [4.69, 9.17) is 16.0 Å². The van der Waals surface area contributed by atoms with Crippen molar-refractivity contribution in [3.05, 3.63) is 48.0 Å². The molecule has 2 aliphatic heterocycles. The van der Waals surface area contributed by atoms with Crippen molar-refractivity contribution in [1.29, 1.82) is 0 Å². The average molecular weight is 1350 g/mol. The molecule has 94 heavy (non-hydrogen) atoms. The Bertz CT molecular complexity index is 3030.